The Bertz CT molecular complexity index is 642. The van der Waals surface area contributed by atoms with Crippen molar-refractivity contribution in [2.24, 2.45) is 0 Å². The first-order valence-corrected chi connectivity index (χ1v) is 8.40. The number of carbonyl (C=O) groups excluding carboxylic acids is 1. The van der Waals surface area contributed by atoms with Crippen LogP contribution < -0.4 is 0 Å². The molecular formula is C18H18OS. The standard InChI is InChI=1S/C18H18OS/c19-18(17-11-13-7-4-10-16(13)20-17)15-9-2-1-8-14(15)12-5-3-6-12/h1-2,8-9,11-12H,3-7,10H2. The number of rotatable bonds is 3. The normalized spacial score (nSPS) is 17.8. The van der Waals surface area contributed by atoms with E-state index >= 15 is 0 Å². The summed E-state index contributed by atoms with van der Waals surface area (Å²) in [6, 6.07) is 10.4. The summed E-state index contributed by atoms with van der Waals surface area (Å²) in [6.45, 7) is 0. The van der Waals surface area contributed by atoms with Crippen LogP contribution in [-0.2, 0) is 12.8 Å². The first-order chi connectivity index (χ1) is 9.83. The Morgan fingerprint density at radius 3 is 2.70 bits per heavy atom. The molecule has 0 N–H and O–H groups in total. The van der Waals surface area contributed by atoms with Crippen LogP contribution >= 0.6 is 11.3 Å². The number of fused-ring (bicyclic) bond motifs is 1. The summed E-state index contributed by atoms with van der Waals surface area (Å²) in [5.41, 5.74) is 3.63. The summed E-state index contributed by atoms with van der Waals surface area (Å²) in [5.74, 6) is 0.855. The smallest absolute Gasteiger partial charge is 0.203 e. The van der Waals surface area contributed by atoms with Crippen molar-refractivity contribution in [3.8, 4) is 0 Å². The highest BCUT2D eigenvalue weighted by molar-refractivity contribution is 7.14. The quantitative estimate of drug-likeness (QED) is 0.743. The van der Waals surface area contributed by atoms with Gasteiger partial charge in [-0.3, -0.25) is 4.79 Å². The number of hydrogen-bond donors (Lipinski definition) is 0. The van der Waals surface area contributed by atoms with Gasteiger partial charge in [0, 0.05) is 10.4 Å². The van der Waals surface area contributed by atoms with E-state index in [9.17, 15) is 4.79 Å². The third-order valence-corrected chi connectivity index (χ3v) is 5.96. The highest BCUT2D eigenvalue weighted by Crippen LogP contribution is 2.39. The van der Waals surface area contributed by atoms with Gasteiger partial charge >= 0.3 is 0 Å². The Kier molecular flexibility index (Phi) is 2.99. The maximum Gasteiger partial charge on any atom is 0.203 e. The van der Waals surface area contributed by atoms with Gasteiger partial charge < -0.3 is 0 Å². The average molecular weight is 282 g/mol. The molecule has 0 saturated heterocycles. The van der Waals surface area contributed by atoms with E-state index in [-0.39, 0.29) is 5.78 Å². The van der Waals surface area contributed by atoms with Crippen molar-refractivity contribution in [1.82, 2.24) is 0 Å². The topological polar surface area (TPSA) is 17.1 Å². The minimum atomic E-state index is 0.242. The van der Waals surface area contributed by atoms with Gasteiger partial charge in [-0.2, -0.15) is 0 Å². The Morgan fingerprint density at radius 1 is 1.10 bits per heavy atom. The van der Waals surface area contributed by atoms with Gasteiger partial charge in [-0.15, -0.1) is 11.3 Å². The van der Waals surface area contributed by atoms with E-state index in [1.165, 1.54) is 41.7 Å². The zero-order valence-corrected chi connectivity index (χ0v) is 12.3. The molecule has 0 atom stereocenters. The summed E-state index contributed by atoms with van der Waals surface area (Å²) < 4.78 is 0. The molecule has 0 unspecified atom stereocenters. The van der Waals surface area contributed by atoms with Crippen LogP contribution in [0.2, 0.25) is 0 Å². The molecule has 1 aromatic carbocycles. The average Bonchev–Trinajstić information content (AvgIpc) is 2.97. The van der Waals surface area contributed by atoms with E-state index in [4.69, 9.17) is 0 Å². The molecule has 20 heavy (non-hydrogen) atoms. The molecule has 1 aromatic heterocycles. The summed E-state index contributed by atoms with van der Waals surface area (Å²) in [5, 5.41) is 0. The maximum atomic E-state index is 12.8. The van der Waals surface area contributed by atoms with E-state index in [2.05, 4.69) is 18.2 Å². The van der Waals surface area contributed by atoms with Gasteiger partial charge in [-0.25, -0.2) is 0 Å². The molecule has 0 amide bonds. The molecule has 2 aromatic rings. The van der Waals surface area contributed by atoms with Crippen molar-refractivity contribution in [1.29, 1.82) is 0 Å². The molecule has 0 bridgehead atoms. The zero-order valence-electron chi connectivity index (χ0n) is 11.5. The van der Waals surface area contributed by atoms with E-state index in [1.54, 1.807) is 11.3 Å². The van der Waals surface area contributed by atoms with E-state index in [0.717, 1.165) is 23.3 Å². The molecular weight excluding hydrogens is 264 g/mol. The van der Waals surface area contributed by atoms with Crippen LogP contribution in [0.15, 0.2) is 30.3 Å². The van der Waals surface area contributed by atoms with Crippen LogP contribution in [-0.4, -0.2) is 5.78 Å². The molecule has 0 spiro atoms. The lowest BCUT2D eigenvalue weighted by Crippen LogP contribution is -2.13. The number of ketones is 1. The Morgan fingerprint density at radius 2 is 1.95 bits per heavy atom. The predicted molar refractivity (Wildman–Crippen MR) is 82.8 cm³/mol. The van der Waals surface area contributed by atoms with Crippen molar-refractivity contribution in [3.63, 3.8) is 0 Å². The van der Waals surface area contributed by atoms with Gasteiger partial charge in [0.1, 0.15) is 0 Å². The second kappa shape index (κ2) is 4.85. The van der Waals surface area contributed by atoms with Gasteiger partial charge in [0.15, 0.2) is 0 Å². The summed E-state index contributed by atoms with van der Waals surface area (Å²) in [6.07, 6.45) is 7.37. The first-order valence-electron chi connectivity index (χ1n) is 7.58. The van der Waals surface area contributed by atoms with Gasteiger partial charge in [-0.05, 0) is 55.2 Å². The van der Waals surface area contributed by atoms with Crippen molar-refractivity contribution >= 4 is 17.1 Å². The highest BCUT2D eigenvalue weighted by Gasteiger charge is 2.26. The number of thiophene rings is 1. The third-order valence-electron chi connectivity index (χ3n) is 4.72. The van der Waals surface area contributed by atoms with E-state index in [1.807, 2.05) is 12.1 Å². The number of aryl methyl sites for hydroxylation is 2. The maximum absolute atomic E-state index is 12.8. The van der Waals surface area contributed by atoms with Crippen LogP contribution in [0, 0.1) is 0 Å². The molecule has 0 aliphatic heterocycles. The van der Waals surface area contributed by atoms with Crippen molar-refractivity contribution in [3.05, 3.63) is 56.8 Å². The monoisotopic (exact) mass is 282 g/mol. The minimum Gasteiger partial charge on any atom is -0.288 e. The fourth-order valence-corrected chi connectivity index (χ4v) is 4.56. The predicted octanol–water partition coefficient (Wildman–Crippen LogP) is 4.74. The summed E-state index contributed by atoms with van der Waals surface area (Å²) >= 11 is 1.72. The lowest BCUT2D eigenvalue weighted by molar-refractivity contribution is 0.104. The highest BCUT2D eigenvalue weighted by atomic mass is 32.1. The molecule has 102 valence electrons. The fourth-order valence-electron chi connectivity index (χ4n) is 3.35. The van der Waals surface area contributed by atoms with Gasteiger partial charge in [0.2, 0.25) is 5.78 Å². The Hall–Kier alpha value is -1.41. The molecule has 2 aliphatic rings. The first kappa shape index (κ1) is 12.3. The largest absolute Gasteiger partial charge is 0.288 e. The molecule has 1 saturated carbocycles. The molecule has 4 rings (SSSR count). The number of benzene rings is 1. The van der Waals surface area contributed by atoms with Crippen molar-refractivity contribution < 1.29 is 4.79 Å². The zero-order chi connectivity index (χ0) is 13.5. The second-order valence-electron chi connectivity index (χ2n) is 5.96. The molecule has 0 radical (unpaired) electrons. The van der Waals surface area contributed by atoms with Crippen LogP contribution in [0.4, 0.5) is 0 Å². The summed E-state index contributed by atoms with van der Waals surface area (Å²) in [4.78, 5) is 15.2. The minimum absolute atomic E-state index is 0.242. The van der Waals surface area contributed by atoms with Gasteiger partial charge in [0.25, 0.3) is 0 Å². The van der Waals surface area contributed by atoms with Crippen molar-refractivity contribution in [2.75, 3.05) is 0 Å². The van der Waals surface area contributed by atoms with E-state index < -0.39 is 0 Å². The Balaban J connectivity index is 1.71. The van der Waals surface area contributed by atoms with Gasteiger partial charge in [0.05, 0.1) is 4.88 Å². The molecule has 1 nitrogen and oxygen atoms in total. The number of carbonyl (C=O) groups is 1. The Labute approximate surface area is 123 Å². The molecule has 1 heterocycles. The molecule has 2 aliphatic carbocycles. The third kappa shape index (κ3) is 1.94. The lowest BCUT2D eigenvalue weighted by Gasteiger charge is -2.27. The number of hydrogen-bond acceptors (Lipinski definition) is 2. The molecule has 2 heteroatoms. The van der Waals surface area contributed by atoms with Crippen LogP contribution in [0.1, 0.15) is 62.8 Å². The van der Waals surface area contributed by atoms with Crippen LogP contribution in [0.3, 0.4) is 0 Å². The van der Waals surface area contributed by atoms with Gasteiger partial charge in [-0.1, -0.05) is 30.7 Å². The second-order valence-corrected chi connectivity index (χ2v) is 7.09. The van der Waals surface area contributed by atoms with Crippen molar-refractivity contribution in [2.45, 2.75) is 44.4 Å². The molecule has 1 fully saturated rings. The SMILES string of the molecule is O=C(c1cc2c(s1)CCC2)c1ccccc1C1CCC1. The lowest BCUT2D eigenvalue weighted by atomic mass is 9.77. The fraction of sp³-hybridized carbons (Fsp3) is 0.389. The van der Waals surface area contributed by atoms with E-state index in [0.29, 0.717) is 5.92 Å². The van der Waals surface area contributed by atoms with Crippen LogP contribution in [0.5, 0.6) is 0 Å². The van der Waals surface area contributed by atoms with Crippen LogP contribution in [0.25, 0.3) is 0 Å². The summed E-state index contributed by atoms with van der Waals surface area (Å²) in [7, 11) is 0.